The lowest BCUT2D eigenvalue weighted by atomic mass is 10.2. The van der Waals surface area contributed by atoms with Crippen LogP contribution in [-0.4, -0.2) is 27.9 Å². The van der Waals surface area contributed by atoms with Crippen LogP contribution in [0, 0.1) is 0 Å². The lowest BCUT2D eigenvalue weighted by molar-refractivity contribution is -0.121. The Bertz CT molecular complexity index is 1040. The van der Waals surface area contributed by atoms with Crippen LogP contribution < -0.4 is 10.2 Å². The Morgan fingerprint density at radius 3 is 2.25 bits per heavy atom. The highest BCUT2D eigenvalue weighted by Crippen LogP contribution is 2.24. The number of aromatic nitrogens is 2. The molecule has 3 amide bonds. The van der Waals surface area contributed by atoms with Crippen molar-refractivity contribution in [3.8, 4) is 11.5 Å². The standard InChI is InChI=1S/C19H13ClN4O4/c20-13-5-1-12(2-6-13)18-22-23-19(28-18)21-17(27)11-3-7-14(8-4-11)24-15(25)9-10-16(24)26/h1-8H,9-10H2,(H,21,23,27). The fourth-order valence-electron chi connectivity index (χ4n) is 2.78. The number of benzene rings is 2. The van der Waals surface area contributed by atoms with Crippen molar-refractivity contribution in [2.45, 2.75) is 12.8 Å². The lowest BCUT2D eigenvalue weighted by Gasteiger charge is -2.13. The second kappa shape index (κ2) is 7.24. The summed E-state index contributed by atoms with van der Waals surface area (Å²) in [6.45, 7) is 0. The van der Waals surface area contributed by atoms with E-state index in [1.807, 2.05) is 0 Å². The van der Waals surface area contributed by atoms with Crippen LogP contribution in [0.25, 0.3) is 11.5 Å². The van der Waals surface area contributed by atoms with Crippen LogP contribution in [-0.2, 0) is 9.59 Å². The molecule has 8 nitrogen and oxygen atoms in total. The van der Waals surface area contributed by atoms with E-state index in [-0.39, 0.29) is 36.6 Å². The molecule has 9 heteroatoms. The zero-order chi connectivity index (χ0) is 19.7. The molecular weight excluding hydrogens is 384 g/mol. The van der Waals surface area contributed by atoms with Gasteiger partial charge in [0.05, 0.1) is 5.69 Å². The van der Waals surface area contributed by atoms with Gasteiger partial charge < -0.3 is 4.42 Å². The number of nitrogens with zero attached hydrogens (tertiary/aromatic N) is 3. The van der Waals surface area contributed by atoms with E-state index >= 15 is 0 Å². The molecule has 1 aliphatic rings. The number of hydrogen-bond donors (Lipinski definition) is 1. The summed E-state index contributed by atoms with van der Waals surface area (Å²) in [5.74, 6) is -0.712. The number of carbonyl (C=O) groups excluding carboxylic acids is 3. The van der Waals surface area contributed by atoms with Crippen molar-refractivity contribution in [2.24, 2.45) is 0 Å². The number of nitrogens with one attached hydrogen (secondary N) is 1. The molecule has 2 heterocycles. The minimum Gasteiger partial charge on any atom is -0.403 e. The van der Waals surface area contributed by atoms with Gasteiger partial charge in [0.15, 0.2) is 0 Å². The Labute approximate surface area is 164 Å². The number of carbonyl (C=O) groups is 3. The van der Waals surface area contributed by atoms with Gasteiger partial charge in [-0.3, -0.25) is 24.6 Å². The Kier molecular flexibility index (Phi) is 4.62. The predicted molar refractivity (Wildman–Crippen MR) is 101 cm³/mol. The van der Waals surface area contributed by atoms with Gasteiger partial charge in [-0.15, -0.1) is 5.10 Å². The molecule has 0 unspecified atom stereocenters. The Morgan fingerprint density at radius 1 is 0.964 bits per heavy atom. The number of amides is 3. The molecule has 1 saturated heterocycles. The van der Waals surface area contributed by atoms with Crippen LogP contribution in [0.4, 0.5) is 11.7 Å². The fraction of sp³-hybridized carbons (Fsp3) is 0.105. The zero-order valence-electron chi connectivity index (χ0n) is 14.4. The minimum absolute atomic E-state index is 0.0519. The maximum Gasteiger partial charge on any atom is 0.322 e. The highest BCUT2D eigenvalue weighted by atomic mass is 35.5. The van der Waals surface area contributed by atoms with Gasteiger partial charge >= 0.3 is 6.01 Å². The molecule has 0 spiro atoms. The van der Waals surface area contributed by atoms with Crippen molar-refractivity contribution in [3.05, 3.63) is 59.1 Å². The molecule has 0 bridgehead atoms. The summed E-state index contributed by atoms with van der Waals surface area (Å²) in [7, 11) is 0. The van der Waals surface area contributed by atoms with Gasteiger partial charge in [-0.25, -0.2) is 0 Å². The summed E-state index contributed by atoms with van der Waals surface area (Å²) in [6, 6.07) is 12.9. The summed E-state index contributed by atoms with van der Waals surface area (Å²) in [5.41, 5.74) is 1.42. The first kappa shape index (κ1) is 17.9. The molecule has 28 heavy (non-hydrogen) atoms. The van der Waals surface area contributed by atoms with E-state index in [4.69, 9.17) is 16.0 Å². The fourth-order valence-corrected chi connectivity index (χ4v) is 2.90. The second-order valence-corrected chi connectivity index (χ2v) is 6.48. The average Bonchev–Trinajstić information content (AvgIpc) is 3.29. The SMILES string of the molecule is O=C(Nc1nnc(-c2ccc(Cl)cc2)o1)c1ccc(N2C(=O)CCC2=O)cc1. The summed E-state index contributed by atoms with van der Waals surface area (Å²) in [6.07, 6.45) is 0.405. The van der Waals surface area contributed by atoms with E-state index in [9.17, 15) is 14.4 Å². The largest absolute Gasteiger partial charge is 0.403 e. The van der Waals surface area contributed by atoms with E-state index in [1.54, 1.807) is 36.4 Å². The molecular formula is C19H13ClN4O4. The lowest BCUT2D eigenvalue weighted by Crippen LogP contribution is -2.28. The van der Waals surface area contributed by atoms with Crippen LogP contribution in [0.5, 0.6) is 0 Å². The topological polar surface area (TPSA) is 105 Å². The highest BCUT2D eigenvalue weighted by molar-refractivity contribution is 6.30. The number of anilines is 2. The maximum atomic E-state index is 12.4. The molecule has 0 saturated carbocycles. The first-order valence-electron chi connectivity index (χ1n) is 8.38. The van der Waals surface area contributed by atoms with Crippen LogP contribution in [0.1, 0.15) is 23.2 Å². The highest BCUT2D eigenvalue weighted by Gasteiger charge is 2.30. The van der Waals surface area contributed by atoms with Crippen molar-refractivity contribution >= 4 is 41.0 Å². The quantitative estimate of drug-likeness (QED) is 0.678. The third-order valence-electron chi connectivity index (χ3n) is 4.18. The van der Waals surface area contributed by atoms with Crippen molar-refractivity contribution in [1.82, 2.24) is 10.2 Å². The summed E-state index contributed by atoms with van der Waals surface area (Å²) in [5, 5.41) is 10.8. The first-order chi connectivity index (χ1) is 13.5. The van der Waals surface area contributed by atoms with E-state index in [0.29, 0.717) is 21.8 Å². The predicted octanol–water partition coefficient (Wildman–Crippen LogP) is 3.30. The van der Waals surface area contributed by atoms with Crippen molar-refractivity contribution in [3.63, 3.8) is 0 Å². The number of rotatable bonds is 4. The number of halogens is 1. The summed E-state index contributed by atoms with van der Waals surface area (Å²) >= 11 is 5.85. The van der Waals surface area contributed by atoms with Crippen molar-refractivity contribution in [2.75, 3.05) is 10.2 Å². The van der Waals surface area contributed by atoms with E-state index in [2.05, 4.69) is 15.5 Å². The Balaban J connectivity index is 1.46. The zero-order valence-corrected chi connectivity index (χ0v) is 15.1. The molecule has 0 atom stereocenters. The molecule has 3 aromatic rings. The molecule has 1 aromatic heterocycles. The van der Waals surface area contributed by atoms with Gasteiger partial charge in [-0.1, -0.05) is 16.7 Å². The smallest absolute Gasteiger partial charge is 0.322 e. The monoisotopic (exact) mass is 396 g/mol. The van der Waals surface area contributed by atoms with Gasteiger partial charge in [-0.2, -0.15) is 0 Å². The molecule has 0 radical (unpaired) electrons. The van der Waals surface area contributed by atoms with Crippen LogP contribution in [0.3, 0.4) is 0 Å². The van der Waals surface area contributed by atoms with Gasteiger partial charge in [0.1, 0.15) is 0 Å². The molecule has 1 N–H and O–H groups in total. The Morgan fingerprint density at radius 2 is 1.61 bits per heavy atom. The molecule has 2 aromatic carbocycles. The summed E-state index contributed by atoms with van der Waals surface area (Å²) in [4.78, 5) is 37.0. The van der Waals surface area contributed by atoms with Gasteiger partial charge in [0, 0.05) is 29.0 Å². The minimum atomic E-state index is -0.461. The first-order valence-corrected chi connectivity index (χ1v) is 8.76. The maximum absolute atomic E-state index is 12.4. The van der Waals surface area contributed by atoms with Gasteiger partial charge in [-0.05, 0) is 48.5 Å². The van der Waals surface area contributed by atoms with Crippen molar-refractivity contribution < 1.29 is 18.8 Å². The van der Waals surface area contributed by atoms with E-state index < -0.39 is 5.91 Å². The molecule has 0 aliphatic carbocycles. The van der Waals surface area contributed by atoms with Crippen LogP contribution in [0.15, 0.2) is 52.9 Å². The van der Waals surface area contributed by atoms with E-state index in [1.165, 1.54) is 12.1 Å². The third kappa shape index (κ3) is 3.49. The van der Waals surface area contributed by atoms with E-state index in [0.717, 1.165) is 4.90 Å². The average molecular weight is 397 g/mol. The molecule has 140 valence electrons. The number of hydrogen-bond acceptors (Lipinski definition) is 6. The third-order valence-corrected chi connectivity index (χ3v) is 4.43. The number of imide groups is 1. The molecule has 4 rings (SSSR count). The summed E-state index contributed by atoms with van der Waals surface area (Å²) < 4.78 is 5.44. The van der Waals surface area contributed by atoms with Gasteiger partial charge in [0.25, 0.3) is 5.91 Å². The van der Waals surface area contributed by atoms with Crippen LogP contribution in [0.2, 0.25) is 5.02 Å². The molecule has 1 fully saturated rings. The Hall–Kier alpha value is -3.52. The van der Waals surface area contributed by atoms with Crippen molar-refractivity contribution in [1.29, 1.82) is 0 Å². The van der Waals surface area contributed by atoms with Gasteiger partial charge in [0.2, 0.25) is 17.7 Å². The van der Waals surface area contributed by atoms with Crippen LogP contribution >= 0.6 is 11.6 Å². The normalized spacial score (nSPS) is 13.8. The molecule has 1 aliphatic heterocycles. The second-order valence-electron chi connectivity index (χ2n) is 6.04.